The van der Waals surface area contributed by atoms with E-state index in [1.165, 1.54) is 0 Å². The van der Waals surface area contributed by atoms with Gasteiger partial charge in [0.15, 0.2) is 5.96 Å². The highest BCUT2D eigenvalue weighted by atomic mass is 127. The van der Waals surface area contributed by atoms with Crippen molar-refractivity contribution >= 4 is 41.5 Å². The fourth-order valence-corrected chi connectivity index (χ4v) is 3.14. The molecular weight excluding hydrogens is 475 g/mol. The van der Waals surface area contributed by atoms with Crippen molar-refractivity contribution < 1.29 is 0 Å². The number of halogens is 2. The van der Waals surface area contributed by atoms with Crippen LogP contribution in [-0.2, 0) is 18.4 Å². The third kappa shape index (κ3) is 6.95. The monoisotopic (exact) mass is 504 g/mol. The number of benzene rings is 1. The van der Waals surface area contributed by atoms with Crippen LogP contribution in [0, 0.1) is 0 Å². The maximum atomic E-state index is 6.36. The van der Waals surface area contributed by atoms with E-state index in [2.05, 4.69) is 59.2 Å². The molecule has 0 aliphatic heterocycles. The lowest BCUT2D eigenvalue weighted by molar-refractivity contribution is 0.536. The van der Waals surface area contributed by atoms with Gasteiger partial charge in [-0.3, -0.25) is 4.99 Å². The summed E-state index contributed by atoms with van der Waals surface area (Å²) in [6.07, 6.45) is 2.64. The first kappa shape index (κ1) is 23.7. The summed E-state index contributed by atoms with van der Waals surface area (Å²) in [5, 5.41) is 15.5. The lowest BCUT2D eigenvalue weighted by Gasteiger charge is -2.25. The van der Waals surface area contributed by atoms with Crippen molar-refractivity contribution in [3.8, 4) is 0 Å². The fourth-order valence-electron chi connectivity index (χ4n) is 2.75. The number of rotatable bonds is 8. The summed E-state index contributed by atoms with van der Waals surface area (Å²) >= 11 is 6.36. The summed E-state index contributed by atoms with van der Waals surface area (Å²) in [6, 6.07) is 7.96. The molecule has 0 atom stereocenters. The van der Waals surface area contributed by atoms with E-state index in [1.54, 1.807) is 6.33 Å². The zero-order valence-corrected chi connectivity index (χ0v) is 19.6. The Morgan fingerprint density at radius 3 is 2.63 bits per heavy atom. The van der Waals surface area contributed by atoms with Crippen LogP contribution in [0.25, 0.3) is 0 Å². The number of hydrogen-bond acceptors (Lipinski definition) is 3. The summed E-state index contributed by atoms with van der Waals surface area (Å²) in [5.41, 5.74) is 0.961. The zero-order chi connectivity index (χ0) is 19.0. The van der Waals surface area contributed by atoms with Crippen LogP contribution in [0.1, 0.15) is 39.1 Å². The van der Waals surface area contributed by atoms with E-state index in [1.807, 2.05) is 18.2 Å². The van der Waals surface area contributed by atoms with E-state index in [0.29, 0.717) is 6.54 Å². The average Bonchev–Trinajstić information content (AvgIpc) is 3.07. The van der Waals surface area contributed by atoms with Gasteiger partial charge in [-0.15, -0.1) is 34.2 Å². The van der Waals surface area contributed by atoms with Gasteiger partial charge in [-0.2, -0.15) is 0 Å². The van der Waals surface area contributed by atoms with E-state index in [4.69, 9.17) is 16.6 Å². The van der Waals surface area contributed by atoms with Crippen LogP contribution < -0.4 is 10.6 Å². The molecule has 1 aromatic carbocycles. The molecule has 0 unspecified atom stereocenters. The average molecular weight is 505 g/mol. The minimum Gasteiger partial charge on any atom is -0.357 e. The van der Waals surface area contributed by atoms with Gasteiger partial charge in [0.1, 0.15) is 12.2 Å². The molecule has 2 rings (SSSR count). The molecule has 0 radical (unpaired) electrons. The van der Waals surface area contributed by atoms with Crippen LogP contribution in [0.3, 0.4) is 0 Å². The van der Waals surface area contributed by atoms with Gasteiger partial charge in [-0.1, -0.05) is 50.6 Å². The van der Waals surface area contributed by atoms with Crippen LogP contribution in [0.15, 0.2) is 35.6 Å². The van der Waals surface area contributed by atoms with Crippen molar-refractivity contribution in [1.82, 2.24) is 25.4 Å². The largest absolute Gasteiger partial charge is 0.357 e. The van der Waals surface area contributed by atoms with Gasteiger partial charge in [-0.25, -0.2) is 0 Å². The van der Waals surface area contributed by atoms with Crippen molar-refractivity contribution in [2.45, 2.75) is 46.1 Å². The number of hydrogen-bond donors (Lipinski definition) is 2. The standard InChI is InChI=1S/C19H29ClN6.HI/c1-5-17-25-24-14-26(17)12-11-22-18(21-6-2)23-13-19(3,4)15-9-7-8-10-16(15)20;/h7-10,14H,5-6,11-13H2,1-4H3,(H2,21,22,23);1H. The molecule has 0 amide bonds. The molecule has 8 heteroatoms. The summed E-state index contributed by atoms with van der Waals surface area (Å²) in [7, 11) is 0. The van der Waals surface area contributed by atoms with Gasteiger partial charge in [0, 0.05) is 36.5 Å². The lowest BCUT2D eigenvalue weighted by Crippen LogP contribution is -2.40. The second kappa shape index (κ2) is 11.5. The highest BCUT2D eigenvalue weighted by Gasteiger charge is 2.22. The van der Waals surface area contributed by atoms with Crippen LogP contribution in [0.2, 0.25) is 5.02 Å². The SMILES string of the molecule is CCNC(=NCC(C)(C)c1ccccc1Cl)NCCn1cnnc1CC.I. The van der Waals surface area contributed by atoms with Gasteiger partial charge in [0.05, 0.1) is 6.54 Å². The number of nitrogens with one attached hydrogen (secondary N) is 2. The van der Waals surface area contributed by atoms with Crippen molar-refractivity contribution in [1.29, 1.82) is 0 Å². The molecule has 0 saturated heterocycles. The third-order valence-corrected chi connectivity index (χ3v) is 4.57. The number of aliphatic imine (C=N–C) groups is 1. The number of aryl methyl sites for hydroxylation is 1. The van der Waals surface area contributed by atoms with Crippen molar-refractivity contribution in [2.75, 3.05) is 19.6 Å². The first-order valence-electron chi connectivity index (χ1n) is 9.11. The van der Waals surface area contributed by atoms with Crippen LogP contribution >= 0.6 is 35.6 Å². The molecular formula is C19H30ClIN6. The normalized spacial score (nSPS) is 11.8. The van der Waals surface area contributed by atoms with Gasteiger partial charge in [0.2, 0.25) is 0 Å². The van der Waals surface area contributed by atoms with Gasteiger partial charge < -0.3 is 15.2 Å². The molecule has 150 valence electrons. The van der Waals surface area contributed by atoms with E-state index in [9.17, 15) is 0 Å². The van der Waals surface area contributed by atoms with Gasteiger partial charge in [0.25, 0.3) is 0 Å². The molecule has 2 aromatic rings. The molecule has 1 aromatic heterocycles. The topological polar surface area (TPSA) is 67.1 Å². The molecule has 6 nitrogen and oxygen atoms in total. The molecule has 0 saturated carbocycles. The Morgan fingerprint density at radius 2 is 1.96 bits per heavy atom. The summed E-state index contributed by atoms with van der Waals surface area (Å²) < 4.78 is 2.06. The van der Waals surface area contributed by atoms with Crippen molar-refractivity contribution in [2.24, 2.45) is 4.99 Å². The highest BCUT2D eigenvalue weighted by Crippen LogP contribution is 2.29. The Balaban J connectivity index is 0.00000364. The van der Waals surface area contributed by atoms with Crippen molar-refractivity contribution in [3.05, 3.63) is 47.0 Å². The molecule has 1 heterocycles. The molecule has 0 bridgehead atoms. The van der Waals surface area contributed by atoms with E-state index in [-0.39, 0.29) is 29.4 Å². The maximum absolute atomic E-state index is 6.36. The third-order valence-electron chi connectivity index (χ3n) is 4.24. The smallest absolute Gasteiger partial charge is 0.191 e. The van der Waals surface area contributed by atoms with Gasteiger partial charge in [-0.05, 0) is 18.6 Å². The molecule has 2 N–H and O–H groups in total. The lowest BCUT2D eigenvalue weighted by atomic mass is 9.85. The molecule has 27 heavy (non-hydrogen) atoms. The molecule has 0 aliphatic rings. The maximum Gasteiger partial charge on any atom is 0.191 e. The molecule has 0 aliphatic carbocycles. The van der Waals surface area contributed by atoms with E-state index >= 15 is 0 Å². The van der Waals surface area contributed by atoms with Crippen LogP contribution in [-0.4, -0.2) is 40.4 Å². The van der Waals surface area contributed by atoms with E-state index in [0.717, 1.165) is 48.4 Å². The van der Waals surface area contributed by atoms with Crippen LogP contribution in [0.5, 0.6) is 0 Å². The Hall–Kier alpha value is -1.35. The fraction of sp³-hybridized carbons (Fsp3) is 0.526. The molecule has 0 spiro atoms. The predicted octanol–water partition coefficient (Wildman–Crippen LogP) is 3.64. The minimum atomic E-state index is -0.148. The summed E-state index contributed by atoms with van der Waals surface area (Å²) in [6.45, 7) is 11.5. The number of guanidine groups is 1. The minimum absolute atomic E-state index is 0. The number of aromatic nitrogens is 3. The second-order valence-electron chi connectivity index (χ2n) is 6.78. The first-order chi connectivity index (χ1) is 12.5. The predicted molar refractivity (Wildman–Crippen MR) is 123 cm³/mol. The second-order valence-corrected chi connectivity index (χ2v) is 7.19. The Kier molecular flexibility index (Phi) is 10.1. The first-order valence-corrected chi connectivity index (χ1v) is 9.49. The summed E-state index contributed by atoms with van der Waals surface area (Å²) in [5.74, 6) is 1.80. The Labute approximate surface area is 184 Å². The van der Waals surface area contributed by atoms with Gasteiger partial charge >= 0.3 is 0 Å². The number of nitrogens with zero attached hydrogens (tertiary/aromatic N) is 4. The quantitative estimate of drug-likeness (QED) is 0.327. The molecule has 0 fully saturated rings. The Morgan fingerprint density at radius 1 is 1.22 bits per heavy atom. The zero-order valence-electron chi connectivity index (χ0n) is 16.5. The summed E-state index contributed by atoms with van der Waals surface area (Å²) in [4.78, 5) is 4.76. The Bertz CT molecular complexity index is 728. The van der Waals surface area contributed by atoms with Crippen molar-refractivity contribution in [3.63, 3.8) is 0 Å². The highest BCUT2D eigenvalue weighted by molar-refractivity contribution is 14.0. The van der Waals surface area contributed by atoms with E-state index < -0.39 is 0 Å². The van der Waals surface area contributed by atoms with Crippen LogP contribution in [0.4, 0.5) is 0 Å².